The lowest BCUT2D eigenvalue weighted by atomic mass is 9.96. The van der Waals surface area contributed by atoms with Crippen LogP contribution in [0.15, 0.2) is 48.5 Å². The van der Waals surface area contributed by atoms with Crippen molar-refractivity contribution in [3.05, 3.63) is 65.5 Å². The zero-order valence-corrected chi connectivity index (χ0v) is 17.0. The highest BCUT2D eigenvalue weighted by molar-refractivity contribution is 6.05. The fourth-order valence-corrected chi connectivity index (χ4v) is 3.52. The molecule has 1 aliphatic heterocycles. The maximum absolute atomic E-state index is 13.8. The molecule has 2 N–H and O–H groups in total. The number of nitrogens with zero attached hydrogens (tertiary/aromatic N) is 1. The molecule has 6 nitrogen and oxygen atoms in total. The average molecular weight is 411 g/mol. The Morgan fingerprint density at radius 2 is 1.93 bits per heavy atom. The number of hydrogen-bond donors (Lipinski definition) is 2. The summed E-state index contributed by atoms with van der Waals surface area (Å²) in [5.41, 5.74) is 0.755. The van der Waals surface area contributed by atoms with Gasteiger partial charge in [-0.25, -0.2) is 4.39 Å². The van der Waals surface area contributed by atoms with Crippen LogP contribution in [0.3, 0.4) is 0 Å². The summed E-state index contributed by atoms with van der Waals surface area (Å²) in [7, 11) is 0. The van der Waals surface area contributed by atoms with Crippen LogP contribution in [0.5, 0.6) is 0 Å². The van der Waals surface area contributed by atoms with Crippen LogP contribution in [0.1, 0.15) is 46.9 Å². The van der Waals surface area contributed by atoms with Crippen LogP contribution >= 0.6 is 0 Å². The third-order valence-electron chi connectivity index (χ3n) is 5.11. The highest BCUT2D eigenvalue weighted by Crippen LogP contribution is 2.21. The average Bonchev–Trinajstić information content (AvgIpc) is 2.77. The lowest BCUT2D eigenvalue weighted by molar-refractivity contribution is -0.126. The summed E-state index contributed by atoms with van der Waals surface area (Å²) in [5, 5.41) is 5.53. The molecule has 1 atom stereocenters. The van der Waals surface area contributed by atoms with E-state index in [1.807, 2.05) is 6.92 Å². The molecule has 3 amide bonds. The van der Waals surface area contributed by atoms with Crippen LogP contribution in [0.2, 0.25) is 0 Å². The normalized spacial score (nSPS) is 16.1. The second-order valence-electron chi connectivity index (χ2n) is 7.40. The van der Waals surface area contributed by atoms with E-state index in [4.69, 9.17) is 0 Å². The van der Waals surface area contributed by atoms with Gasteiger partial charge in [0.15, 0.2) is 0 Å². The molecule has 7 heteroatoms. The van der Waals surface area contributed by atoms with Crippen molar-refractivity contribution < 1.29 is 18.8 Å². The zero-order chi connectivity index (χ0) is 21.5. The first-order chi connectivity index (χ1) is 14.5. The minimum Gasteiger partial charge on any atom is -0.356 e. The summed E-state index contributed by atoms with van der Waals surface area (Å²) < 4.78 is 13.8. The number of benzene rings is 2. The number of hydrogen-bond acceptors (Lipinski definition) is 3. The van der Waals surface area contributed by atoms with E-state index in [2.05, 4.69) is 10.6 Å². The van der Waals surface area contributed by atoms with Crippen molar-refractivity contribution in [1.82, 2.24) is 10.2 Å². The van der Waals surface area contributed by atoms with Crippen molar-refractivity contribution in [1.29, 1.82) is 0 Å². The highest BCUT2D eigenvalue weighted by atomic mass is 19.1. The molecule has 0 bridgehead atoms. The van der Waals surface area contributed by atoms with Crippen LogP contribution in [-0.4, -0.2) is 42.3 Å². The fraction of sp³-hybridized carbons (Fsp3) is 0.348. The number of carbonyl (C=O) groups is 3. The number of carbonyl (C=O) groups excluding carboxylic acids is 3. The quantitative estimate of drug-likeness (QED) is 0.764. The van der Waals surface area contributed by atoms with Gasteiger partial charge >= 0.3 is 0 Å². The summed E-state index contributed by atoms with van der Waals surface area (Å²) in [6, 6.07) is 12.3. The van der Waals surface area contributed by atoms with Gasteiger partial charge in [0.05, 0.1) is 11.5 Å². The van der Waals surface area contributed by atoms with Gasteiger partial charge in [-0.3, -0.25) is 14.4 Å². The van der Waals surface area contributed by atoms with Crippen molar-refractivity contribution in [3.8, 4) is 0 Å². The van der Waals surface area contributed by atoms with E-state index in [9.17, 15) is 18.8 Å². The highest BCUT2D eigenvalue weighted by Gasteiger charge is 2.28. The molecule has 0 aliphatic carbocycles. The largest absolute Gasteiger partial charge is 0.356 e. The molecule has 0 spiro atoms. The smallest absolute Gasteiger partial charge is 0.258 e. The first-order valence-electron chi connectivity index (χ1n) is 10.2. The lowest BCUT2D eigenvalue weighted by Crippen LogP contribution is -2.45. The monoisotopic (exact) mass is 411 g/mol. The van der Waals surface area contributed by atoms with E-state index >= 15 is 0 Å². The summed E-state index contributed by atoms with van der Waals surface area (Å²) in [5.74, 6) is -1.60. The summed E-state index contributed by atoms with van der Waals surface area (Å²) in [6.07, 6.45) is 2.39. The molecule has 2 aromatic carbocycles. The first-order valence-corrected chi connectivity index (χ1v) is 10.2. The predicted molar refractivity (Wildman–Crippen MR) is 113 cm³/mol. The van der Waals surface area contributed by atoms with Crippen molar-refractivity contribution in [2.24, 2.45) is 5.92 Å². The number of anilines is 1. The van der Waals surface area contributed by atoms with Crippen molar-refractivity contribution in [2.75, 3.05) is 25.0 Å². The van der Waals surface area contributed by atoms with Gasteiger partial charge in [-0.15, -0.1) is 0 Å². The molecular formula is C23H26FN3O3. The summed E-state index contributed by atoms with van der Waals surface area (Å²) in [6.45, 7) is 3.59. The number of nitrogens with one attached hydrogen (secondary N) is 2. The topological polar surface area (TPSA) is 78.5 Å². The lowest BCUT2D eigenvalue weighted by Gasteiger charge is -2.32. The number of piperidine rings is 1. The predicted octanol–water partition coefficient (Wildman–Crippen LogP) is 3.46. The maximum atomic E-state index is 13.8. The van der Waals surface area contributed by atoms with Gasteiger partial charge in [0.1, 0.15) is 5.82 Å². The molecule has 158 valence electrons. The number of likely N-dealkylation sites (tertiary alicyclic amines) is 1. The van der Waals surface area contributed by atoms with E-state index < -0.39 is 11.7 Å². The minimum absolute atomic E-state index is 0.0137. The molecule has 0 unspecified atom stereocenters. The Kier molecular flexibility index (Phi) is 7.17. The Hall–Kier alpha value is -3.22. The summed E-state index contributed by atoms with van der Waals surface area (Å²) >= 11 is 0. The Balaban J connectivity index is 1.67. The van der Waals surface area contributed by atoms with E-state index in [0.717, 1.165) is 19.3 Å². The molecule has 3 rings (SSSR count). The van der Waals surface area contributed by atoms with Crippen LogP contribution in [-0.2, 0) is 4.79 Å². The fourth-order valence-electron chi connectivity index (χ4n) is 3.52. The number of rotatable bonds is 6. The van der Waals surface area contributed by atoms with Gasteiger partial charge in [0.25, 0.3) is 11.8 Å². The van der Waals surface area contributed by atoms with Crippen molar-refractivity contribution in [2.45, 2.75) is 26.2 Å². The van der Waals surface area contributed by atoms with Crippen molar-refractivity contribution in [3.63, 3.8) is 0 Å². The van der Waals surface area contributed by atoms with Gasteiger partial charge in [0, 0.05) is 30.9 Å². The van der Waals surface area contributed by atoms with E-state index in [1.165, 1.54) is 18.2 Å². The molecular weight excluding hydrogens is 385 g/mol. The standard InChI is InChI=1S/C23H26FN3O3/c1-2-12-25-21(28)17-8-6-13-27(15-17)23(30)16-7-5-9-18(14-16)26-22(29)19-10-3-4-11-20(19)24/h3-5,7,9-11,14,17H,2,6,8,12-13,15H2,1H3,(H,25,28)(H,26,29)/t17-/m1/s1. The van der Waals surface area contributed by atoms with Gasteiger partial charge < -0.3 is 15.5 Å². The number of amides is 3. The minimum atomic E-state index is -0.608. The van der Waals surface area contributed by atoms with Crippen LogP contribution in [0, 0.1) is 11.7 Å². The van der Waals surface area contributed by atoms with Gasteiger partial charge in [-0.1, -0.05) is 25.1 Å². The van der Waals surface area contributed by atoms with Gasteiger partial charge in [-0.2, -0.15) is 0 Å². The Morgan fingerprint density at radius 3 is 2.70 bits per heavy atom. The molecule has 1 fully saturated rings. The molecule has 0 aromatic heterocycles. The molecule has 0 saturated carbocycles. The third-order valence-corrected chi connectivity index (χ3v) is 5.11. The van der Waals surface area contributed by atoms with Crippen LogP contribution in [0.4, 0.5) is 10.1 Å². The van der Waals surface area contributed by atoms with E-state index in [0.29, 0.717) is 30.9 Å². The molecule has 0 radical (unpaired) electrons. The van der Waals surface area contributed by atoms with Gasteiger partial charge in [-0.05, 0) is 49.6 Å². The molecule has 1 heterocycles. The van der Waals surface area contributed by atoms with E-state index in [-0.39, 0.29) is 23.3 Å². The van der Waals surface area contributed by atoms with Crippen LogP contribution in [0.25, 0.3) is 0 Å². The maximum Gasteiger partial charge on any atom is 0.258 e. The Labute approximate surface area is 175 Å². The first kappa shape index (κ1) is 21.5. The summed E-state index contributed by atoms with van der Waals surface area (Å²) in [4.78, 5) is 39.2. The zero-order valence-electron chi connectivity index (χ0n) is 17.0. The molecule has 30 heavy (non-hydrogen) atoms. The second kappa shape index (κ2) is 10.0. The SMILES string of the molecule is CCCNC(=O)[C@@H]1CCCN(C(=O)c2cccc(NC(=O)c3ccccc3F)c2)C1. The molecule has 1 aliphatic rings. The molecule has 1 saturated heterocycles. The van der Waals surface area contributed by atoms with E-state index in [1.54, 1.807) is 35.2 Å². The Morgan fingerprint density at radius 1 is 1.13 bits per heavy atom. The third kappa shape index (κ3) is 5.23. The molecule has 2 aromatic rings. The number of halogens is 1. The second-order valence-corrected chi connectivity index (χ2v) is 7.40. The Bertz CT molecular complexity index is 931. The van der Waals surface area contributed by atoms with Crippen molar-refractivity contribution >= 4 is 23.4 Å². The van der Waals surface area contributed by atoms with Crippen LogP contribution < -0.4 is 10.6 Å². The van der Waals surface area contributed by atoms with Gasteiger partial charge in [0.2, 0.25) is 5.91 Å².